The summed E-state index contributed by atoms with van der Waals surface area (Å²) in [5, 5.41) is 0. The summed E-state index contributed by atoms with van der Waals surface area (Å²) in [5.74, 6) is 0.555. The molecule has 1 fully saturated rings. The van der Waals surface area contributed by atoms with E-state index in [9.17, 15) is 13.2 Å². The van der Waals surface area contributed by atoms with Crippen LogP contribution in [0.1, 0.15) is 0 Å². The van der Waals surface area contributed by atoms with Gasteiger partial charge >= 0.3 is 6.18 Å². The van der Waals surface area contributed by atoms with E-state index in [1.807, 2.05) is 4.90 Å². The van der Waals surface area contributed by atoms with E-state index in [1.54, 1.807) is 0 Å². The summed E-state index contributed by atoms with van der Waals surface area (Å²) in [6, 6.07) is 0. The fourth-order valence-corrected chi connectivity index (χ4v) is 2.18. The van der Waals surface area contributed by atoms with Crippen molar-refractivity contribution < 1.29 is 17.9 Å². The molecule has 1 aliphatic rings. The van der Waals surface area contributed by atoms with Crippen molar-refractivity contribution in [2.45, 2.75) is 12.7 Å². The van der Waals surface area contributed by atoms with Crippen molar-refractivity contribution in [2.75, 3.05) is 31.2 Å². The smallest absolute Gasteiger partial charge is 0.378 e. The summed E-state index contributed by atoms with van der Waals surface area (Å²) in [6.45, 7) is 1.29. The third-order valence-corrected chi connectivity index (χ3v) is 3.04. The van der Waals surface area contributed by atoms with Crippen LogP contribution in [0.4, 0.5) is 19.0 Å². The molecule has 0 N–H and O–H groups in total. The van der Waals surface area contributed by atoms with E-state index in [4.69, 9.17) is 4.74 Å². The van der Waals surface area contributed by atoms with Crippen molar-refractivity contribution in [3.05, 3.63) is 12.7 Å². The number of morpholine rings is 1. The Labute approximate surface area is 112 Å². The van der Waals surface area contributed by atoms with Crippen LogP contribution in [0.3, 0.4) is 0 Å². The van der Waals surface area contributed by atoms with Crippen molar-refractivity contribution in [2.24, 2.45) is 0 Å². The number of ether oxygens (including phenoxy) is 1. The van der Waals surface area contributed by atoms with Gasteiger partial charge in [0.05, 0.1) is 19.5 Å². The molecule has 1 aliphatic heterocycles. The van der Waals surface area contributed by atoms with Crippen LogP contribution in [0.25, 0.3) is 11.2 Å². The van der Waals surface area contributed by atoms with Gasteiger partial charge in [0.1, 0.15) is 12.9 Å². The van der Waals surface area contributed by atoms with E-state index in [0.717, 1.165) is 10.9 Å². The summed E-state index contributed by atoms with van der Waals surface area (Å²) in [5.41, 5.74) is 0.581. The SMILES string of the molecule is FC(F)(F)Cn1cnc2c(N3CCOCC3)ncnc21. The lowest BCUT2D eigenvalue weighted by Gasteiger charge is -2.27. The Morgan fingerprint density at radius 1 is 1.15 bits per heavy atom. The normalized spacial score (nSPS) is 16.9. The number of imidazole rings is 1. The average molecular weight is 287 g/mol. The van der Waals surface area contributed by atoms with Gasteiger partial charge in [0.15, 0.2) is 17.0 Å². The van der Waals surface area contributed by atoms with Crippen LogP contribution < -0.4 is 4.90 Å². The minimum absolute atomic E-state index is 0.193. The van der Waals surface area contributed by atoms with Crippen LogP contribution in [0.2, 0.25) is 0 Å². The predicted molar refractivity (Wildman–Crippen MR) is 64.4 cm³/mol. The number of fused-ring (bicyclic) bond motifs is 1. The molecule has 0 saturated carbocycles. The number of alkyl halides is 3. The zero-order valence-corrected chi connectivity index (χ0v) is 10.5. The van der Waals surface area contributed by atoms with Crippen molar-refractivity contribution in [3.63, 3.8) is 0 Å². The topological polar surface area (TPSA) is 56.1 Å². The molecule has 0 atom stereocenters. The first-order valence-corrected chi connectivity index (χ1v) is 6.10. The summed E-state index contributed by atoms with van der Waals surface area (Å²) in [7, 11) is 0. The first kappa shape index (κ1) is 13.1. The predicted octanol–water partition coefficient (Wildman–Crippen LogP) is 1.23. The molecule has 3 rings (SSSR count). The monoisotopic (exact) mass is 287 g/mol. The van der Waals surface area contributed by atoms with Gasteiger partial charge in [0, 0.05) is 13.1 Å². The molecular formula is C11H12F3N5O. The number of rotatable bonds is 2. The van der Waals surface area contributed by atoms with E-state index in [1.165, 1.54) is 6.33 Å². The minimum Gasteiger partial charge on any atom is -0.378 e. The van der Waals surface area contributed by atoms with Crippen molar-refractivity contribution in [1.29, 1.82) is 0 Å². The molecule has 1 saturated heterocycles. The molecule has 108 valence electrons. The maximum Gasteiger partial charge on any atom is 0.406 e. The van der Waals surface area contributed by atoms with Crippen LogP contribution in [0.5, 0.6) is 0 Å². The van der Waals surface area contributed by atoms with Crippen molar-refractivity contribution >= 4 is 17.0 Å². The molecule has 0 spiro atoms. The number of aromatic nitrogens is 4. The fourth-order valence-electron chi connectivity index (χ4n) is 2.18. The van der Waals surface area contributed by atoms with Crippen LogP contribution in [-0.4, -0.2) is 52.0 Å². The molecule has 0 radical (unpaired) electrons. The van der Waals surface area contributed by atoms with Gasteiger partial charge in [-0.3, -0.25) is 0 Å². The average Bonchev–Trinajstić information content (AvgIpc) is 2.81. The maximum atomic E-state index is 12.5. The molecular weight excluding hydrogens is 275 g/mol. The second-order valence-electron chi connectivity index (χ2n) is 4.46. The van der Waals surface area contributed by atoms with E-state index < -0.39 is 12.7 Å². The molecule has 20 heavy (non-hydrogen) atoms. The second kappa shape index (κ2) is 4.89. The molecule has 9 heteroatoms. The summed E-state index contributed by atoms with van der Waals surface area (Å²) in [4.78, 5) is 14.0. The largest absolute Gasteiger partial charge is 0.406 e. The van der Waals surface area contributed by atoms with Gasteiger partial charge in [-0.15, -0.1) is 0 Å². The highest BCUT2D eigenvalue weighted by Gasteiger charge is 2.29. The van der Waals surface area contributed by atoms with E-state index in [0.29, 0.717) is 37.6 Å². The molecule has 3 heterocycles. The summed E-state index contributed by atoms with van der Waals surface area (Å²) >= 11 is 0. The van der Waals surface area contributed by atoms with Gasteiger partial charge in [-0.1, -0.05) is 0 Å². The van der Waals surface area contributed by atoms with Gasteiger partial charge in [0.2, 0.25) is 0 Å². The van der Waals surface area contributed by atoms with Gasteiger partial charge in [0.25, 0.3) is 0 Å². The Balaban J connectivity index is 1.98. The van der Waals surface area contributed by atoms with E-state index in [-0.39, 0.29) is 5.65 Å². The Morgan fingerprint density at radius 2 is 1.90 bits per heavy atom. The number of hydrogen-bond acceptors (Lipinski definition) is 5. The van der Waals surface area contributed by atoms with Gasteiger partial charge < -0.3 is 14.2 Å². The number of nitrogens with zero attached hydrogens (tertiary/aromatic N) is 5. The highest BCUT2D eigenvalue weighted by atomic mass is 19.4. The van der Waals surface area contributed by atoms with E-state index in [2.05, 4.69) is 15.0 Å². The number of hydrogen-bond donors (Lipinski definition) is 0. The van der Waals surface area contributed by atoms with Crippen LogP contribution >= 0.6 is 0 Å². The highest BCUT2D eigenvalue weighted by Crippen LogP contribution is 2.25. The minimum atomic E-state index is -4.31. The van der Waals surface area contributed by atoms with Crippen LogP contribution in [0, 0.1) is 0 Å². The molecule has 6 nitrogen and oxygen atoms in total. The van der Waals surface area contributed by atoms with Gasteiger partial charge in [-0.05, 0) is 0 Å². The van der Waals surface area contributed by atoms with Crippen LogP contribution in [-0.2, 0) is 11.3 Å². The molecule has 0 amide bonds. The number of anilines is 1. The lowest BCUT2D eigenvalue weighted by atomic mass is 10.3. The highest BCUT2D eigenvalue weighted by molar-refractivity contribution is 5.83. The Morgan fingerprint density at radius 3 is 2.60 bits per heavy atom. The van der Waals surface area contributed by atoms with Gasteiger partial charge in [-0.25, -0.2) is 15.0 Å². The first-order chi connectivity index (χ1) is 9.54. The lowest BCUT2D eigenvalue weighted by molar-refractivity contribution is -0.140. The molecule has 0 aliphatic carbocycles. The zero-order chi connectivity index (χ0) is 14.2. The summed E-state index contributed by atoms with van der Waals surface area (Å²) in [6.07, 6.45) is -1.89. The Bertz CT molecular complexity index is 606. The van der Waals surface area contributed by atoms with Crippen molar-refractivity contribution in [3.8, 4) is 0 Å². The standard InChI is InChI=1S/C11H12F3N5O/c12-11(13,14)5-19-7-17-8-9(15-6-16-10(8)19)18-1-3-20-4-2-18/h6-7H,1-5H2. The third kappa shape index (κ3) is 2.53. The Kier molecular flexibility index (Phi) is 3.20. The maximum absolute atomic E-state index is 12.5. The number of halogens is 3. The quantitative estimate of drug-likeness (QED) is 0.831. The van der Waals surface area contributed by atoms with E-state index >= 15 is 0 Å². The van der Waals surface area contributed by atoms with Crippen LogP contribution in [0.15, 0.2) is 12.7 Å². The Hall–Kier alpha value is -1.90. The summed E-state index contributed by atoms with van der Waals surface area (Å²) < 4.78 is 43.7. The fraction of sp³-hybridized carbons (Fsp3) is 0.545. The first-order valence-electron chi connectivity index (χ1n) is 6.10. The third-order valence-electron chi connectivity index (χ3n) is 3.04. The zero-order valence-electron chi connectivity index (χ0n) is 10.5. The molecule has 0 bridgehead atoms. The molecule has 0 aromatic carbocycles. The van der Waals surface area contributed by atoms with Gasteiger partial charge in [-0.2, -0.15) is 13.2 Å². The lowest BCUT2D eigenvalue weighted by Crippen LogP contribution is -2.37. The van der Waals surface area contributed by atoms with Crippen molar-refractivity contribution in [1.82, 2.24) is 19.5 Å². The second-order valence-corrected chi connectivity index (χ2v) is 4.46. The molecule has 2 aromatic heterocycles. The molecule has 0 unspecified atom stereocenters. The molecule has 2 aromatic rings.